The molecule has 1 aromatic carbocycles. The number of nitrogens with zero attached hydrogens (tertiary/aromatic N) is 2. The third kappa shape index (κ3) is 4.33. The smallest absolute Gasteiger partial charge is 0.134 e. The number of carbonyl (C=O) groups excluding carboxylic acids is 1. The summed E-state index contributed by atoms with van der Waals surface area (Å²) in [5, 5.41) is 3.89. The number of hydrogen-bond acceptors (Lipinski definition) is 3. The molecule has 0 amide bonds. The molecule has 1 saturated heterocycles. The van der Waals surface area contributed by atoms with Crippen LogP contribution in [-0.2, 0) is 4.79 Å². The summed E-state index contributed by atoms with van der Waals surface area (Å²) in [6.45, 7) is 3.13. The van der Waals surface area contributed by atoms with Crippen molar-refractivity contribution in [2.45, 2.75) is 51.5 Å². The molecule has 0 radical (unpaired) electrons. The number of fused-ring (bicyclic) bond motifs is 1. The first-order valence-corrected chi connectivity index (χ1v) is 8.31. The standard InChI is InChI=1S/C12H21N3O.C6H6/c1-2-7-15-11-8-10(16)5-3-9(11)4-6-12(15)14-13;1-2-4-6-5-3-1/h9,11H,2-8,13H2,1H3;1-6H. The number of hydrazone groups is 1. The number of hydrogen-bond donors (Lipinski definition) is 1. The van der Waals surface area contributed by atoms with Crippen LogP contribution in [0.5, 0.6) is 0 Å². The van der Waals surface area contributed by atoms with Gasteiger partial charge in [0.2, 0.25) is 0 Å². The third-order valence-electron chi connectivity index (χ3n) is 4.53. The Labute approximate surface area is 133 Å². The molecule has 2 fully saturated rings. The van der Waals surface area contributed by atoms with Gasteiger partial charge < -0.3 is 10.7 Å². The largest absolute Gasteiger partial charge is 0.355 e. The van der Waals surface area contributed by atoms with Crippen LogP contribution in [0.25, 0.3) is 0 Å². The highest BCUT2D eigenvalue weighted by Crippen LogP contribution is 2.34. The van der Waals surface area contributed by atoms with Gasteiger partial charge in [-0.05, 0) is 25.2 Å². The van der Waals surface area contributed by atoms with Gasteiger partial charge in [-0.2, -0.15) is 5.10 Å². The predicted molar refractivity (Wildman–Crippen MR) is 90.4 cm³/mol. The van der Waals surface area contributed by atoms with Crippen LogP contribution in [0.2, 0.25) is 0 Å². The minimum atomic E-state index is 0.372. The van der Waals surface area contributed by atoms with Gasteiger partial charge in [-0.25, -0.2) is 0 Å². The molecule has 2 atom stereocenters. The van der Waals surface area contributed by atoms with Crippen LogP contribution >= 0.6 is 0 Å². The minimum absolute atomic E-state index is 0.372. The molecule has 1 aromatic rings. The number of likely N-dealkylation sites (tertiary alicyclic amines) is 1. The van der Waals surface area contributed by atoms with Crippen LogP contribution in [0, 0.1) is 5.92 Å². The zero-order valence-corrected chi connectivity index (χ0v) is 13.4. The number of rotatable bonds is 2. The summed E-state index contributed by atoms with van der Waals surface area (Å²) in [6.07, 6.45) is 5.73. The molecule has 1 heterocycles. The highest BCUT2D eigenvalue weighted by Gasteiger charge is 2.38. The number of nitrogens with two attached hydrogens (primary N) is 1. The van der Waals surface area contributed by atoms with E-state index in [1.807, 2.05) is 36.4 Å². The van der Waals surface area contributed by atoms with Gasteiger partial charge in [0, 0.05) is 31.8 Å². The summed E-state index contributed by atoms with van der Waals surface area (Å²) in [6, 6.07) is 12.4. The summed E-state index contributed by atoms with van der Waals surface area (Å²) >= 11 is 0. The zero-order valence-electron chi connectivity index (χ0n) is 13.4. The maximum Gasteiger partial charge on any atom is 0.134 e. The van der Waals surface area contributed by atoms with E-state index >= 15 is 0 Å². The molecule has 2 N–H and O–H groups in total. The Balaban J connectivity index is 0.000000246. The van der Waals surface area contributed by atoms with E-state index in [1.54, 1.807) is 0 Å². The molecule has 1 aliphatic heterocycles. The quantitative estimate of drug-likeness (QED) is 0.674. The van der Waals surface area contributed by atoms with Crippen molar-refractivity contribution in [3.05, 3.63) is 36.4 Å². The van der Waals surface area contributed by atoms with Gasteiger partial charge >= 0.3 is 0 Å². The summed E-state index contributed by atoms with van der Waals surface area (Å²) in [5.41, 5.74) is 0. The Bertz CT molecular complexity index is 460. The van der Waals surface area contributed by atoms with E-state index < -0.39 is 0 Å². The number of amidine groups is 1. The number of benzene rings is 1. The second-order valence-electron chi connectivity index (χ2n) is 6.04. The lowest BCUT2D eigenvalue weighted by molar-refractivity contribution is -0.123. The van der Waals surface area contributed by atoms with Crippen molar-refractivity contribution in [3.63, 3.8) is 0 Å². The van der Waals surface area contributed by atoms with Crippen LogP contribution in [-0.4, -0.2) is 29.1 Å². The number of piperidine rings is 1. The average molecular weight is 301 g/mol. The first kappa shape index (κ1) is 16.5. The van der Waals surface area contributed by atoms with Gasteiger partial charge in [0.1, 0.15) is 11.6 Å². The zero-order chi connectivity index (χ0) is 15.8. The fraction of sp³-hybridized carbons (Fsp3) is 0.556. The number of ketones is 1. The minimum Gasteiger partial charge on any atom is -0.355 e. The Morgan fingerprint density at radius 3 is 2.27 bits per heavy atom. The lowest BCUT2D eigenvalue weighted by Gasteiger charge is -2.45. The fourth-order valence-electron chi connectivity index (χ4n) is 3.45. The topological polar surface area (TPSA) is 58.7 Å². The van der Waals surface area contributed by atoms with Gasteiger partial charge in [-0.15, -0.1) is 0 Å². The molecular weight excluding hydrogens is 274 g/mol. The van der Waals surface area contributed by atoms with E-state index in [-0.39, 0.29) is 0 Å². The maximum atomic E-state index is 11.6. The normalized spacial score (nSPS) is 26.1. The molecule has 4 heteroatoms. The fourth-order valence-corrected chi connectivity index (χ4v) is 3.45. The van der Waals surface area contributed by atoms with Crippen LogP contribution in [0.1, 0.15) is 45.4 Å². The lowest BCUT2D eigenvalue weighted by Crippen LogP contribution is -2.51. The van der Waals surface area contributed by atoms with Crippen molar-refractivity contribution < 1.29 is 4.79 Å². The molecule has 0 spiro atoms. The molecule has 3 rings (SSSR count). The predicted octanol–water partition coefficient (Wildman–Crippen LogP) is 3.19. The van der Waals surface area contributed by atoms with Crippen LogP contribution in [0.4, 0.5) is 0 Å². The molecular formula is C18H27N3O. The molecule has 4 nitrogen and oxygen atoms in total. The number of Topliss-reactive ketones (excluding diaryl/α,β-unsaturated/α-hetero) is 1. The molecule has 2 unspecified atom stereocenters. The van der Waals surface area contributed by atoms with E-state index in [0.29, 0.717) is 24.2 Å². The Hall–Kier alpha value is -1.84. The van der Waals surface area contributed by atoms with Crippen molar-refractivity contribution in [1.82, 2.24) is 4.90 Å². The molecule has 1 saturated carbocycles. The van der Waals surface area contributed by atoms with Gasteiger partial charge in [0.25, 0.3) is 0 Å². The van der Waals surface area contributed by atoms with Crippen LogP contribution < -0.4 is 5.84 Å². The van der Waals surface area contributed by atoms with Crippen molar-refractivity contribution in [1.29, 1.82) is 0 Å². The summed E-state index contributed by atoms with van der Waals surface area (Å²) < 4.78 is 0. The molecule has 0 bridgehead atoms. The van der Waals surface area contributed by atoms with E-state index in [0.717, 1.165) is 44.5 Å². The van der Waals surface area contributed by atoms with Gasteiger partial charge in [-0.3, -0.25) is 4.79 Å². The monoisotopic (exact) mass is 301 g/mol. The van der Waals surface area contributed by atoms with Gasteiger partial charge in [-0.1, -0.05) is 43.3 Å². The molecule has 0 aromatic heterocycles. The Morgan fingerprint density at radius 2 is 1.73 bits per heavy atom. The summed E-state index contributed by atoms with van der Waals surface area (Å²) in [4.78, 5) is 13.8. The van der Waals surface area contributed by atoms with E-state index in [4.69, 9.17) is 5.84 Å². The molecule has 2 aliphatic rings. The molecule has 120 valence electrons. The SMILES string of the molecule is CCCN1C(=NN)CCC2CCC(=O)CC21.c1ccccc1. The summed E-state index contributed by atoms with van der Waals surface area (Å²) in [7, 11) is 0. The first-order valence-electron chi connectivity index (χ1n) is 8.31. The summed E-state index contributed by atoms with van der Waals surface area (Å²) in [5.74, 6) is 7.52. The highest BCUT2D eigenvalue weighted by atomic mass is 16.1. The van der Waals surface area contributed by atoms with Crippen molar-refractivity contribution >= 4 is 11.6 Å². The average Bonchev–Trinajstić information content (AvgIpc) is 2.58. The van der Waals surface area contributed by atoms with Gasteiger partial charge in [0.05, 0.1) is 0 Å². The molecule has 1 aliphatic carbocycles. The van der Waals surface area contributed by atoms with E-state index in [1.165, 1.54) is 0 Å². The second kappa shape index (κ2) is 8.57. The van der Waals surface area contributed by atoms with E-state index in [2.05, 4.69) is 16.9 Å². The Morgan fingerprint density at radius 1 is 1.14 bits per heavy atom. The van der Waals surface area contributed by atoms with Crippen LogP contribution in [0.15, 0.2) is 41.5 Å². The van der Waals surface area contributed by atoms with Crippen molar-refractivity contribution in [2.24, 2.45) is 16.9 Å². The Kier molecular flexibility index (Phi) is 6.44. The highest BCUT2D eigenvalue weighted by molar-refractivity contribution is 5.86. The molecule has 22 heavy (non-hydrogen) atoms. The number of carbonyl (C=O) groups is 1. The maximum absolute atomic E-state index is 11.6. The second-order valence-corrected chi connectivity index (χ2v) is 6.04. The van der Waals surface area contributed by atoms with Crippen molar-refractivity contribution in [2.75, 3.05) is 6.54 Å². The van der Waals surface area contributed by atoms with Gasteiger partial charge in [0.15, 0.2) is 0 Å². The van der Waals surface area contributed by atoms with E-state index in [9.17, 15) is 4.79 Å². The van der Waals surface area contributed by atoms with Crippen LogP contribution in [0.3, 0.4) is 0 Å². The first-order chi connectivity index (χ1) is 10.8. The van der Waals surface area contributed by atoms with Crippen molar-refractivity contribution in [3.8, 4) is 0 Å². The lowest BCUT2D eigenvalue weighted by atomic mass is 9.77. The third-order valence-corrected chi connectivity index (χ3v) is 4.53.